The van der Waals surface area contributed by atoms with Gasteiger partial charge in [-0.25, -0.2) is 0 Å². The Labute approximate surface area is 102 Å². The molecule has 0 aromatic heterocycles. The maximum Gasteiger partial charge on any atom is 0.314 e. The van der Waals surface area contributed by atoms with Crippen molar-refractivity contribution < 1.29 is 15.0 Å². The zero-order chi connectivity index (χ0) is 13.3. The summed E-state index contributed by atoms with van der Waals surface area (Å²) in [4.78, 5) is 10.7. The Morgan fingerprint density at radius 3 is 2.06 bits per heavy atom. The molecule has 0 aliphatic rings. The van der Waals surface area contributed by atoms with E-state index in [4.69, 9.17) is 10.2 Å². The van der Waals surface area contributed by atoms with Crippen molar-refractivity contribution in [2.75, 3.05) is 0 Å². The number of benzene rings is 1. The van der Waals surface area contributed by atoms with E-state index in [9.17, 15) is 4.79 Å². The number of carboxylic acids is 1. The molecule has 0 bridgehead atoms. The summed E-state index contributed by atoms with van der Waals surface area (Å²) in [6, 6.07) is 6.04. The number of aromatic hydroxyl groups is 1. The predicted octanol–water partition coefficient (Wildman–Crippen LogP) is 3.55. The van der Waals surface area contributed by atoms with E-state index in [1.165, 1.54) is 31.1 Å². The largest absolute Gasteiger partial charge is 0.508 e. The molecule has 0 amide bonds. The van der Waals surface area contributed by atoms with Crippen molar-refractivity contribution in [1.29, 1.82) is 0 Å². The third-order valence-electron chi connectivity index (χ3n) is 2.25. The van der Waals surface area contributed by atoms with Gasteiger partial charge in [0, 0.05) is 0 Å². The lowest BCUT2D eigenvalue weighted by Crippen LogP contribution is -2.08. The normalized spacial score (nSPS) is 10.9. The van der Waals surface area contributed by atoms with Crippen LogP contribution < -0.4 is 0 Å². The van der Waals surface area contributed by atoms with E-state index in [-0.39, 0.29) is 5.75 Å². The number of aliphatic carboxylic acids is 1. The minimum atomic E-state index is -0.944. The fourth-order valence-corrected chi connectivity index (χ4v) is 1.06. The third kappa shape index (κ3) is 5.76. The van der Waals surface area contributed by atoms with Gasteiger partial charge in [0.15, 0.2) is 0 Å². The number of hydrogen-bond donors (Lipinski definition) is 2. The first-order valence-electron chi connectivity index (χ1n) is 5.71. The maximum atomic E-state index is 10.7. The van der Waals surface area contributed by atoms with Crippen LogP contribution in [0.5, 0.6) is 5.75 Å². The number of rotatable bonds is 4. The van der Waals surface area contributed by atoms with E-state index in [2.05, 4.69) is 20.4 Å². The first-order valence-corrected chi connectivity index (χ1v) is 5.71. The van der Waals surface area contributed by atoms with E-state index in [0.717, 1.165) is 0 Å². The molecule has 1 rings (SSSR count). The highest BCUT2D eigenvalue weighted by molar-refractivity contribution is 5.78. The van der Waals surface area contributed by atoms with E-state index in [1.807, 2.05) is 0 Å². The fourth-order valence-electron chi connectivity index (χ4n) is 1.06. The molecule has 1 atom stereocenters. The number of carbonyl (C=O) groups is 1. The Morgan fingerprint density at radius 2 is 1.76 bits per heavy atom. The molecule has 1 unspecified atom stereocenters. The van der Waals surface area contributed by atoms with E-state index < -0.39 is 11.9 Å². The average Bonchev–Trinajstić information content (AvgIpc) is 2.32. The number of phenols is 1. The lowest BCUT2D eigenvalue weighted by atomic mass is 10.00. The molecule has 3 heteroatoms. The molecule has 2 N–H and O–H groups in total. The molecule has 0 radical (unpaired) electrons. The van der Waals surface area contributed by atoms with Gasteiger partial charge in [-0.3, -0.25) is 4.79 Å². The van der Waals surface area contributed by atoms with Gasteiger partial charge in [0.05, 0.1) is 5.92 Å². The summed E-state index contributed by atoms with van der Waals surface area (Å²) in [6.45, 7) is 7.80. The Morgan fingerprint density at radius 1 is 1.29 bits per heavy atom. The predicted molar refractivity (Wildman–Crippen MR) is 69.3 cm³/mol. The molecule has 3 nitrogen and oxygen atoms in total. The molecule has 0 saturated heterocycles. The highest BCUT2D eigenvalue weighted by Gasteiger charge is 2.14. The van der Waals surface area contributed by atoms with Gasteiger partial charge in [-0.15, -0.1) is 6.58 Å². The molecule has 1 aromatic carbocycles. The van der Waals surface area contributed by atoms with Gasteiger partial charge in [-0.2, -0.15) is 0 Å². The van der Waals surface area contributed by atoms with Crippen LogP contribution in [0, 0.1) is 0 Å². The molecule has 0 fully saturated rings. The second-order valence-corrected chi connectivity index (χ2v) is 3.64. The van der Waals surface area contributed by atoms with Crippen molar-refractivity contribution in [3.8, 4) is 5.75 Å². The smallest absolute Gasteiger partial charge is 0.314 e. The van der Waals surface area contributed by atoms with Crippen LogP contribution in [0.25, 0.3) is 0 Å². The summed E-state index contributed by atoms with van der Waals surface area (Å²) >= 11 is 0. The zero-order valence-electron chi connectivity index (χ0n) is 10.4. The molecule has 1 aromatic rings. The number of phenolic OH excluding ortho intramolecular Hbond substituents is 1. The Kier molecular flexibility index (Phi) is 7.52. The molecule has 17 heavy (non-hydrogen) atoms. The van der Waals surface area contributed by atoms with Gasteiger partial charge < -0.3 is 10.2 Å². The van der Waals surface area contributed by atoms with Gasteiger partial charge in [-0.05, 0) is 17.7 Å². The van der Waals surface area contributed by atoms with Gasteiger partial charge >= 0.3 is 5.97 Å². The SMILES string of the molecule is C=CC(C(=O)O)c1ccc(O)cc1.CCCC. The first-order chi connectivity index (χ1) is 8.06. The Bertz CT molecular complexity index is 339. The highest BCUT2D eigenvalue weighted by Crippen LogP contribution is 2.19. The standard InChI is InChI=1S/C10H10O3.C4H10/c1-2-9(10(12)13)7-3-5-8(11)6-4-7;1-3-4-2/h2-6,9,11H,1H2,(H,12,13);3-4H2,1-2H3. The zero-order valence-corrected chi connectivity index (χ0v) is 10.4. The molecule has 94 valence electrons. The summed E-state index contributed by atoms with van der Waals surface area (Å²) in [5, 5.41) is 17.7. The summed E-state index contributed by atoms with van der Waals surface area (Å²) in [5.74, 6) is -1.53. The second-order valence-electron chi connectivity index (χ2n) is 3.64. The summed E-state index contributed by atoms with van der Waals surface area (Å²) in [7, 11) is 0. The molecular formula is C14H20O3. The van der Waals surface area contributed by atoms with Crippen LogP contribution in [-0.2, 0) is 4.79 Å². The van der Waals surface area contributed by atoms with Crippen LogP contribution in [0.15, 0.2) is 36.9 Å². The van der Waals surface area contributed by atoms with E-state index >= 15 is 0 Å². The third-order valence-corrected chi connectivity index (χ3v) is 2.25. The van der Waals surface area contributed by atoms with Crippen molar-refractivity contribution in [3.05, 3.63) is 42.5 Å². The van der Waals surface area contributed by atoms with Crippen molar-refractivity contribution in [2.45, 2.75) is 32.6 Å². The number of unbranched alkanes of at least 4 members (excludes halogenated alkanes) is 1. The van der Waals surface area contributed by atoms with Crippen molar-refractivity contribution in [1.82, 2.24) is 0 Å². The van der Waals surface area contributed by atoms with Crippen LogP contribution in [0.4, 0.5) is 0 Å². The van der Waals surface area contributed by atoms with Crippen LogP contribution in [0.2, 0.25) is 0 Å². The van der Waals surface area contributed by atoms with Crippen molar-refractivity contribution in [3.63, 3.8) is 0 Å². The van der Waals surface area contributed by atoms with Crippen LogP contribution in [0.3, 0.4) is 0 Å². The minimum Gasteiger partial charge on any atom is -0.508 e. The summed E-state index contributed by atoms with van der Waals surface area (Å²) in [6.07, 6.45) is 3.99. The Balaban J connectivity index is 0.000000557. The molecule has 0 aliphatic carbocycles. The second kappa shape index (κ2) is 8.39. The molecule has 0 heterocycles. The van der Waals surface area contributed by atoms with Crippen molar-refractivity contribution in [2.24, 2.45) is 0 Å². The summed E-state index contributed by atoms with van der Waals surface area (Å²) < 4.78 is 0. The van der Waals surface area contributed by atoms with Gasteiger partial charge in [-0.1, -0.05) is 44.9 Å². The van der Waals surface area contributed by atoms with Crippen LogP contribution >= 0.6 is 0 Å². The van der Waals surface area contributed by atoms with E-state index in [1.54, 1.807) is 12.1 Å². The molecule has 0 aliphatic heterocycles. The molecule has 0 saturated carbocycles. The Hall–Kier alpha value is -1.77. The lowest BCUT2D eigenvalue weighted by molar-refractivity contribution is -0.137. The molecular weight excluding hydrogens is 216 g/mol. The first kappa shape index (κ1) is 15.2. The highest BCUT2D eigenvalue weighted by atomic mass is 16.4. The lowest BCUT2D eigenvalue weighted by Gasteiger charge is -2.06. The van der Waals surface area contributed by atoms with E-state index in [0.29, 0.717) is 5.56 Å². The topological polar surface area (TPSA) is 57.5 Å². The van der Waals surface area contributed by atoms with Crippen molar-refractivity contribution >= 4 is 5.97 Å². The molecule has 0 spiro atoms. The van der Waals surface area contributed by atoms with Gasteiger partial charge in [0.1, 0.15) is 5.75 Å². The minimum absolute atomic E-state index is 0.122. The fraction of sp³-hybridized carbons (Fsp3) is 0.357. The maximum absolute atomic E-state index is 10.7. The van der Waals surface area contributed by atoms with Gasteiger partial charge in [0.2, 0.25) is 0 Å². The number of hydrogen-bond acceptors (Lipinski definition) is 2. The van der Waals surface area contributed by atoms with Gasteiger partial charge in [0.25, 0.3) is 0 Å². The van der Waals surface area contributed by atoms with Crippen LogP contribution in [-0.4, -0.2) is 16.2 Å². The average molecular weight is 236 g/mol. The quantitative estimate of drug-likeness (QED) is 0.786. The number of carboxylic acid groups (broad SMARTS) is 1. The monoisotopic (exact) mass is 236 g/mol. The van der Waals surface area contributed by atoms with Crippen LogP contribution in [0.1, 0.15) is 38.2 Å². The summed E-state index contributed by atoms with van der Waals surface area (Å²) in [5.41, 5.74) is 0.611.